The standard InChI is InChI=1S/C22H14ClNO6/c1-28-11-3-2-10-6-14(22(27)24-16(10)7-11)13-8-18(25)30-17-5-4-12-20(26)15(23)9-29-21(12)19(13)17/h2-7,9,13H,8H2,1H3,(H,24,27)/t13-/m0/s1. The summed E-state index contributed by atoms with van der Waals surface area (Å²) in [6.45, 7) is 0. The zero-order valence-electron chi connectivity index (χ0n) is 15.7. The van der Waals surface area contributed by atoms with Gasteiger partial charge in [-0.25, -0.2) is 0 Å². The third-order valence-electron chi connectivity index (χ3n) is 5.30. The van der Waals surface area contributed by atoms with Crippen molar-refractivity contribution in [1.82, 2.24) is 4.98 Å². The molecule has 0 radical (unpaired) electrons. The highest BCUT2D eigenvalue weighted by atomic mass is 35.5. The van der Waals surface area contributed by atoms with Crippen molar-refractivity contribution >= 4 is 39.4 Å². The molecule has 0 saturated carbocycles. The summed E-state index contributed by atoms with van der Waals surface area (Å²) in [7, 11) is 1.54. The summed E-state index contributed by atoms with van der Waals surface area (Å²) in [6.07, 6.45) is 1.08. The van der Waals surface area contributed by atoms with Crippen LogP contribution in [0.15, 0.2) is 56.7 Å². The Morgan fingerprint density at radius 1 is 1.13 bits per heavy atom. The Hall–Kier alpha value is -3.58. The number of nitrogens with one attached hydrogen (secondary N) is 1. The molecular weight excluding hydrogens is 410 g/mol. The number of rotatable bonds is 2. The lowest BCUT2D eigenvalue weighted by molar-refractivity contribution is -0.135. The van der Waals surface area contributed by atoms with Crippen LogP contribution in [0.3, 0.4) is 0 Å². The van der Waals surface area contributed by atoms with Crippen molar-refractivity contribution in [3.63, 3.8) is 0 Å². The number of hydrogen-bond donors (Lipinski definition) is 1. The lowest BCUT2D eigenvalue weighted by Gasteiger charge is -2.25. The van der Waals surface area contributed by atoms with E-state index >= 15 is 0 Å². The molecule has 2 aromatic carbocycles. The van der Waals surface area contributed by atoms with Crippen LogP contribution < -0.4 is 20.5 Å². The normalized spacial score (nSPS) is 15.8. The molecule has 2 aromatic heterocycles. The van der Waals surface area contributed by atoms with Crippen molar-refractivity contribution < 1.29 is 18.7 Å². The number of carbonyl (C=O) groups is 1. The van der Waals surface area contributed by atoms with E-state index in [2.05, 4.69) is 4.98 Å². The molecule has 0 aliphatic carbocycles. The maximum absolute atomic E-state index is 12.9. The van der Waals surface area contributed by atoms with Crippen LogP contribution in [0.1, 0.15) is 23.5 Å². The average molecular weight is 424 g/mol. The molecule has 0 fully saturated rings. The van der Waals surface area contributed by atoms with Gasteiger partial charge < -0.3 is 18.9 Å². The minimum Gasteiger partial charge on any atom is -0.497 e. The predicted molar refractivity (Wildman–Crippen MR) is 111 cm³/mol. The molecule has 0 bridgehead atoms. The fraction of sp³-hybridized carbons (Fsp3) is 0.136. The summed E-state index contributed by atoms with van der Waals surface area (Å²) in [4.78, 5) is 40.5. The van der Waals surface area contributed by atoms with Gasteiger partial charge in [-0.05, 0) is 35.7 Å². The molecule has 0 amide bonds. The summed E-state index contributed by atoms with van der Waals surface area (Å²) in [6, 6.07) is 10.1. The topological polar surface area (TPSA) is 98.6 Å². The molecule has 0 saturated heterocycles. The predicted octanol–water partition coefficient (Wildman–Crippen LogP) is 3.74. The molecule has 3 heterocycles. The highest BCUT2D eigenvalue weighted by Crippen LogP contribution is 2.42. The van der Waals surface area contributed by atoms with Crippen molar-refractivity contribution in [2.75, 3.05) is 7.11 Å². The van der Waals surface area contributed by atoms with Crippen LogP contribution in [0.2, 0.25) is 5.02 Å². The van der Waals surface area contributed by atoms with Crippen LogP contribution in [0, 0.1) is 0 Å². The second kappa shape index (κ2) is 6.74. The highest BCUT2D eigenvalue weighted by Gasteiger charge is 2.33. The van der Waals surface area contributed by atoms with Crippen LogP contribution in [-0.4, -0.2) is 18.1 Å². The maximum Gasteiger partial charge on any atom is 0.312 e. The molecule has 1 aliphatic heterocycles. The van der Waals surface area contributed by atoms with Gasteiger partial charge in [0.1, 0.15) is 28.4 Å². The fourth-order valence-corrected chi connectivity index (χ4v) is 4.03. The van der Waals surface area contributed by atoms with E-state index in [4.69, 9.17) is 25.5 Å². The van der Waals surface area contributed by atoms with Crippen molar-refractivity contribution in [3.8, 4) is 11.5 Å². The van der Waals surface area contributed by atoms with Crippen LogP contribution >= 0.6 is 11.6 Å². The zero-order chi connectivity index (χ0) is 21.0. The number of H-pyrrole nitrogens is 1. The summed E-state index contributed by atoms with van der Waals surface area (Å²) in [5.74, 6) is -0.257. The quantitative estimate of drug-likeness (QED) is 0.389. The number of fused-ring (bicyclic) bond motifs is 4. The van der Waals surface area contributed by atoms with Crippen LogP contribution in [0.25, 0.3) is 21.9 Å². The Kier molecular flexibility index (Phi) is 4.15. The first-order chi connectivity index (χ1) is 14.5. The highest BCUT2D eigenvalue weighted by molar-refractivity contribution is 6.30. The Balaban J connectivity index is 1.79. The van der Waals surface area contributed by atoms with Crippen LogP contribution in [-0.2, 0) is 4.79 Å². The first-order valence-electron chi connectivity index (χ1n) is 9.12. The first-order valence-corrected chi connectivity index (χ1v) is 9.49. The van der Waals surface area contributed by atoms with Crippen LogP contribution in [0.5, 0.6) is 11.5 Å². The fourth-order valence-electron chi connectivity index (χ4n) is 3.88. The second-order valence-corrected chi connectivity index (χ2v) is 7.41. The van der Waals surface area contributed by atoms with Gasteiger partial charge in [0.2, 0.25) is 5.43 Å². The van der Waals surface area contributed by atoms with Gasteiger partial charge in [-0.3, -0.25) is 14.4 Å². The minimum absolute atomic E-state index is 0.0516. The Morgan fingerprint density at radius 2 is 1.97 bits per heavy atom. The number of benzene rings is 2. The number of halogens is 1. The third-order valence-corrected chi connectivity index (χ3v) is 5.56. The number of hydrogen-bond acceptors (Lipinski definition) is 6. The molecule has 7 nitrogen and oxygen atoms in total. The van der Waals surface area contributed by atoms with Gasteiger partial charge in [-0.2, -0.15) is 0 Å². The smallest absolute Gasteiger partial charge is 0.312 e. The summed E-state index contributed by atoms with van der Waals surface area (Å²) in [5.41, 5.74) is 0.951. The van der Waals surface area contributed by atoms with Crippen LogP contribution in [0.4, 0.5) is 0 Å². The number of ether oxygens (including phenoxy) is 2. The first kappa shape index (κ1) is 18.4. The maximum atomic E-state index is 12.9. The number of aromatic nitrogens is 1. The molecule has 1 N–H and O–H groups in total. The molecule has 5 rings (SSSR count). The molecule has 8 heteroatoms. The van der Waals surface area contributed by atoms with Gasteiger partial charge in [-0.15, -0.1) is 0 Å². The molecule has 30 heavy (non-hydrogen) atoms. The molecule has 4 aromatic rings. The number of esters is 1. The Labute approximate surface area is 173 Å². The molecule has 1 atom stereocenters. The Morgan fingerprint density at radius 3 is 2.77 bits per heavy atom. The van der Waals surface area contributed by atoms with E-state index in [-0.39, 0.29) is 33.7 Å². The number of carbonyl (C=O) groups excluding carboxylic acids is 1. The van der Waals surface area contributed by atoms with E-state index in [1.54, 1.807) is 25.3 Å². The lowest BCUT2D eigenvalue weighted by atomic mass is 9.85. The number of methoxy groups -OCH3 is 1. The molecule has 0 spiro atoms. The van der Waals surface area contributed by atoms with Gasteiger partial charge in [0.15, 0.2) is 0 Å². The average Bonchev–Trinajstić information content (AvgIpc) is 2.74. The monoisotopic (exact) mass is 423 g/mol. The number of aromatic amines is 1. The zero-order valence-corrected chi connectivity index (χ0v) is 16.4. The van der Waals surface area contributed by atoms with Gasteiger partial charge in [0, 0.05) is 23.1 Å². The van der Waals surface area contributed by atoms with Gasteiger partial charge >= 0.3 is 5.97 Å². The lowest BCUT2D eigenvalue weighted by Crippen LogP contribution is -2.26. The summed E-state index contributed by atoms with van der Waals surface area (Å²) >= 11 is 5.91. The summed E-state index contributed by atoms with van der Waals surface area (Å²) in [5, 5.41) is 0.978. The molecule has 150 valence electrons. The third kappa shape index (κ3) is 2.78. The largest absolute Gasteiger partial charge is 0.497 e. The molecular formula is C22H14ClNO6. The molecule has 1 aliphatic rings. The molecule has 0 unspecified atom stereocenters. The SMILES string of the molecule is COc1ccc2cc([C@@H]3CC(=O)Oc4ccc5c(=O)c(Cl)coc5c43)c(=O)[nH]c2c1. The van der Waals surface area contributed by atoms with Crippen molar-refractivity contribution in [2.45, 2.75) is 12.3 Å². The van der Waals surface area contributed by atoms with E-state index < -0.39 is 17.3 Å². The Bertz CT molecular complexity index is 1470. The van der Waals surface area contributed by atoms with Gasteiger partial charge in [-0.1, -0.05) is 11.6 Å². The van der Waals surface area contributed by atoms with Gasteiger partial charge in [0.25, 0.3) is 5.56 Å². The van der Waals surface area contributed by atoms with E-state index in [0.29, 0.717) is 22.4 Å². The van der Waals surface area contributed by atoms with E-state index in [1.165, 1.54) is 12.1 Å². The van der Waals surface area contributed by atoms with E-state index in [9.17, 15) is 14.4 Å². The van der Waals surface area contributed by atoms with E-state index in [0.717, 1.165) is 11.6 Å². The van der Waals surface area contributed by atoms with Gasteiger partial charge in [0.05, 0.1) is 24.4 Å². The second-order valence-electron chi connectivity index (χ2n) is 7.00. The minimum atomic E-state index is -0.649. The van der Waals surface area contributed by atoms with Crippen molar-refractivity contribution in [3.05, 3.63) is 79.4 Å². The number of pyridine rings is 1. The summed E-state index contributed by atoms with van der Waals surface area (Å²) < 4.78 is 16.2. The van der Waals surface area contributed by atoms with E-state index in [1.807, 2.05) is 6.07 Å². The van der Waals surface area contributed by atoms with Crippen molar-refractivity contribution in [2.24, 2.45) is 0 Å². The van der Waals surface area contributed by atoms with Crippen molar-refractivity contribution in [1.29, 1.82) is 0 Å².